The van der Waals surface area contributed by atoms with Crippen LogP contribution in [-0.2, 0) is 4.79 Å². The van der Waals surface area contributed by atoms with Crippen LogP contribution in [0.25, 0.3) is 11.0 Å². The highest BCUT2D eigenvalue weighted by Crippen LogP contribution is 2.64. The number of rotatable bonds is 3. The van der Waals surface area contributed by atoms with Crippen molar-refractivity contribution >= 4 is 16.8 Å². The van der Waals surface area contributed by atoms with Gasteiger partial charge in [-0.3, -0.25) is 4.79 Å². The highest BCUT2D eigenvalue weighted by Gasteiger charge is 2.58. The van der Waals surface area contributed by atoms with Gasteiger partial charge < -0.3 is 0 Å². The number of aromatic nitrogens is 3. The van der Waals surface area contributed by atoms with Gasteiger partial charge in [0, 0.05) is 5.92 Å². The lowest BCUT2D eigenvalue weighted by Crippen LogP contribution is -2.49. The molecule has 9 atom stereocenters. The zero-order chi connectivity index (χ0) is 22.0. The van der Waals surface area contributed by atoms with E-state index in [-0.39, 0.29) is 17.4 Å². The Morgan fingerprint density at radius 2 is 1.69 bits per heavy atom. The molecule has 2 aromatic rings. The first-order valence-corrected chi connectivity index (χ1v) is 13.3. The molecule has 0 N–H and O–H groups in total. The zero-order valence-electron chi connectivity index (χ0n) is 20.0. The minimum atomic E-state index is -0.281. The van der Waals surface area contributed by atoms with Gasteiger partial charge in [0.15, 0.2) is 5.78 Å². The molecule has 0 saturated heterocycles. The van der Waals surface area contributed by atoms with Gasteiger partial charge in [-0.25, -0.2) is 0 Å². The highest BCUT2D eigenvalue weighted by molar-refractivity contribution is 5.86. The summed E-state index contributed by atoms with van der Waals surface area (Å²) in [5.41, 5.74) is 1.93. The van der Waals surface area contributed by atoms with E-state index in [0.29, 0.717) is 5.78 Å². The molecule has 0 bridgehead atoms. The number of hydrogen-bond acceptors (Lipinski definition) is 3. The third-order valence-electron chi connectivity index (χ3n) is 10.6. The van der Waals surface area contributed by atoms with E-state index in [0.717, 1.165) is 53.0 Å². The van der Waals surface area contributed by atoms with Crippen LogP contribution in [0.1, 0.15) is 84.6 Å². The lowest BCUT2D eigenvalue weighted by atomic mass is 9.49. The molecule has 0 radical (unpaired) electrons. The van der Waals surface area contributed by atoms with Crippen LogP contribution in [0, 0.1) is 46.8 Å². The van der Waals surface area contributed by atoms with Crippen molar-refractivity contribution in [3.8, 4) is 0 Å². The molecule has 1 aromatic heterocycles. The Balaban J connectivity index is 1.22. The van der Waals surface area contributed by atoms with Crippen molar-refractivity contribution in [2.45, 2.75) is 84.6 Å². The summed E-state index contributed by atoms with van der Waals surface area (Å²) < 4.78 is 0. The van der Waals surface area contributed by atoms with Crippen LogP contribution >= 0.6 is 0 Å². The third kappa shape index (κ3) is 3.11. The van der Waals surface area contributed by atoms with E-state index in [1.807, 2.05) is 31.2 Å². The number of ketones is 1. The summed E-state index contributed by atoms with van der Waals surface area (Å²) in [7, 11) is 0. The Kier molecular flexibility index (Phi) is 5.00. The van der Waals surface area contributed by atoms with Crippen LogP contribution in [0.5, 0.6) is 0 Å². The molecule has 4 aliphatic rings. The SMILES string of the molecule is CC1CCC2C(CCC3C2CCC2(C)C(C(=O)C(C)n4nc5ccccc5n4)CCC32)C1. The van der Waals surface area contributed by atoms with Crippen LogP contribution in [0.15, 0.2) is 24.3 Å². The Morgan fingerprint density at radius 3 is 2.44 bits per heavy atom. The van der Waals surface area contributed by atoms with E-state index < -0.39 is 0 Å². The smallest absolute Gasteiger partial charge is 0.162 e. The van der Waals surface area contributed by atoms with Gasteiger partial charge in [0.2, 0.25) is 0 Å². The molecule has 32 heavy (non-hydrogen) atoms. The van der Waals surface area contributed by atoms with Gasteiger partial charge in [-0.15, -0.1) is 0 Å². The average Bonchev–Trinajstić information content (AvgIpc) is 3.38. The Labute approximate surface area is 192 Å². The summed E-state index contributed by atoms with van der Waals surface area (Å²) in [5, 5.41) is 9.27. The number of nitrogens with zero attached hydrogens (tertiary/aromatic N) is 3. The van der Waals surface area contributed by atoms with Gasteiger partial charge in [-0.1, -0.05) is 32.4 Å². The van der Waals surface area contributed by atoms with Gasteiger partial charge in [0.05, 0.1) is 0 Å². The predicted molar refractivity (Wildman–Crippen MR) is 127 cm³/mol. The first kappa shape index (κ1) is 20.9. The van der Waals surface area contributed by atoms with Crippen LogP contribution in [0.3, 0.4) is 0 Å². The molecule has 4 heteroatoms. The summed E-state index contributed by atoms with van der Waals surface area (Å²) in [6.07, 6.45) is 12.2. The second kappa shape index (κ2) is 7.67. The van der Waals surface area contributed by atoms with Crippen molar-refractivity contribution in [3.05, 3.63) is 24.3 Å². The fourth-order valence-electron chi connectivity index (χ4n) is 9.01. The van der Waals surface area contributed by atoms with Crippen LogP contribution in [0.2, 0.25) is 0 Å². The first-order chi connectivity index (χ1) is 15.5. The van der Waals surface area contributed by atoms with Crippen molar-refractivity contribution in [2.24, 2.45) is 46.8 Å². The van der Waals surface area contributed by atoms with Crippen molar-refractivity contribution < 1.29 is 4.79 Å². The molecule has 6 rings (SSSR count). The minimum absolute atomic E-state index is 0.168. The zero-order valence-corrected chi connectivity index (χ0v) is 20.0. The summed E-state index contributed by atoms with van der Waals surface area (Å²) in [4.78, 5) is 15.5. The Bertz CT molecular complexity index is 980. The van der Waals surface area contributed by atoms with Crippen LogP contribution < -0.4 is 0 Å². The lowest BCUT2D eigenvalue weighted by Gasteiger charge is -2.56. The molecule has 1 aromatic carbocycles. The van der Waals surface area contributed by atoms with Gasteiger partial charge in [-0.2, -0.15) is 15.0 Å². The molecule has 1 heterocycles. The molecular weight excluding hydrogens is 394 g/mol. The van der Waals surface area contributed by atoms with E-state index in [1.165, 1.54) is 51.4 Å². The normalized spacial score (nSPS) is 42.2. The van der Waals surface area contributed by atoms with Crippen LogP contribution in [-0.4, -0.2) is 20.8 Å². The monoisotopic (exact) mass is 433 g/mol. The molecule has 0 amide bonds. The van der Waals surface area contributed by atoms with E-state index >= 15 is 0 Å². The number of carbonyl (C=O) groups excluding carboxylic acids is 1. The van der Waals surface area contributed by atoms with E-state index in [1.54, 1.807) is 4.80 Å². The quantitative estimate of drug-likeness (QED) is 0.557. The van der Waals surface area contributed by atoms with Crippen molar-refractivity contribution in [2.75, 3.05) is 0 Å². The maximum absolute atomic E-state index is 13.8. The van der Waals surface area contributed by atoms with E-state index in [9.17, 15) is 4.79 Å². The Morgan fingerprint density at radius 1 is 0.969 bits per heavy atom. The van der Waals surface area contributed by atoms with Crippen molar-refractivity contribution in [1.29, 1.82) is 0 Å². The van der Waals surface area contributed by atoms with E-state index in [4.69, 9.17) is 0 Å². The molecule has 9 unspecified atom stereocenters. The largest absolute Gasteiger partial charge is 0.297 e. The predicted octanol–water partition coefficient (Wildman–Crippen LogP) is 6.47. The van der Waals surface area contributed by atoms with Gasteiger partial charge >= 0.3 is 0 Å². The fraction of sp³-hybridized carbons (Fsp3) is 0.750. The number of carbonyl (C=O) groups is 1. The summed E-state index contributed by atoms with van der Waals surface area (Å²) >= 11 is 0. The van der Waals surface area contributed by atoms with Gasteiger partial charge in [0.25, 0.3) is 0 Å². The molecule has 4 nitrogen and oxygen atoms in total. The summed E-state index contributed by atoms with van der Waals surface area (Å²) in [6.45, 7) is 6.95. The molecule has 0 spiro atoms. The maximum atomic E-state index is 13.8. The standard InChI is InChI=1S/C28H39N3O/c1-17-8-10-20-19(16-17)9-11-22-21(20)14-15-28(3)23(22)12-13-24(28)27(32)18(2)31-29-25-6-4-5-7-26(25)30-31/h4-7,17-24H,8-16H2,1-3H3. The topological polar surface area (TPSA) is 47.8 Å². The third-order valence-corrected chi connectivity index (χ3v) is 10.6. The molecule has 4 fully saturated rings. The van der Waals surface area contributed by atoms with Gasteiger partial charge in [0.1, 0.15) is 17.1 Å². The number of benzene rings is 1. The first-order valence-electron chi connectivity index (χ1n) is 13.3. The highest BCUT2D eigenvalue weighted by atomic mass is 16.1. The van der Waals surface area contributed by atoms with Crippen molar-refractivity contribution in [1.82, 2.24) is 15.0 Å². The number of fused-ring (bicyclic) bond motifs is 6. The number of Topliss-reactive ketones (excluding diaryl/α,β-unsaturated/α-hetero) is 1. The average molecular weight is 434 g/mol. The minimum Gasteiger partial charge on any atom is -0.297 e. The molecule has 4 aliphatic carbocycles. The van der Waals surface area contributed by atoms with Gasteiger partial charge in [-0.05, 0) is 111 Å². The summed E-state index contributed by atoms with van der Waals surface area (Å²) in [5.74, 6) is 5.98. The number of hydrogen-bond donors (Lipinski definition) is 0. The lowest BCUT2D eigenvalue weighted by molar-refractivity contribution is -0.133. The summed E-state index contributed by atoms with van der Waals surface area (Å²) in [6, 6.07) is 7.64. The van der Waals surface area contributed by atoms with Crippen LogP contribution in [0.4, 0.5) is 0 Å². The Hall–Kier alpha value is -1.71. The molecule has 4 saturated carbocycles. The second-order valence-corrected chi connectivity index (χ2v) is 12.1. The fourth-order valence-corrected chi connectivity index (χ4v) is 9.01. The molecular formula is C28H39N3O. The van der Waals surface area contributed by atoms with Crippen molar-refractivity contribution in [3.63, 3.8) is 0 Å². The molecule has 172 valence electrons. The second-order valence-electron chi connectivity index (χ2n) is 12.1. The van der Waals surface area contributed by atoms with E-state index in [2.05, 4.69) is 24.0 Å². The molecule has 0 aliphatic heterocycles. The maximum Gasteiger partial charge on any atom is 0.162 e.